The Hall–Kier alpha value is -2.01. The van der Waals surface area contributed by atoms with Crippen molar-refractivity contribution in [2.75, 3.05) is 12.3 Å². The van der Waals surface area contributed by atoms with Crippen LogP contribution in [-0.2, 0) is 19.2 Å². The third kappa shape index (κ3) is 6.99. The molecule has 3 heterocycles. The number of hydrogen-bond donors (Lipinski definition) is 4. The molecule has 3 saturated heterocycles. The fourth-order valence-corrected chi connectivity index (χ4v) is 5.62. The molecule has 0 spiro atoms. The van der Waals surface area contributed by atoms with Crippen molar-refractivity contribution in [3.8, 4) is 0 Å². The molecular weight excluding hydrogens is 424 g/mol. The fourth-order valence-electron chi connectivity index (χ4n) is 4.07. The van der Waals surface area contributed by atoms with Gasteiger partial charge in [0.05, 0.1) is 12.1 Å². The van der Waals surface area contributed by atoms with Crippen LogP contribution in [0.2, 0.25) is 0 Å². The summed E-state index contributed by atoms with van der Waals surface area (Å²) in [6, 6.07) is 0.378. The van der Waals surface area contributed by atoms with Crippen molar-refractivity contribution >= 4 is 35.6 Å². The van der Waals surface area contributed by atoms with Gasteiger partial charge in [-0.1, -0.05) is 12.8 Å². The van der Waals surface area contributed by atoms with Crippen molar-refractivity contribution in [1.29, 1.82) is 0 Å². The Bertz CT molecular complexity index is 678. The lowest BCUT2D eigenvalue weighted by Gasteiger charge is -2.18. The van der Waals surface area contributed by atoms with E-state index in [9.17, 15) is 24.3 Å². The molecule has 0 saturated carbocycles. The second-order valence-corrected chi connectivity index (χ2v) is 9.50. The van der Waals surface area contributed by atoms with E-state index in [1.54, 1.807) is 0 Å². The Balaban J connectivity index is 1.14. The molecule has 3 aliphatic heterocycles. The first kappa shape index (κ1) is 23.6. The average Bonchev–Trinajstić information content (AvgIpc) is 3.38. The molecule has 0 aromatic carbocycles. The zero-order chi connectivity index (χ0) is 22.2. The molecule has 174 valence electrons. The van der Waals surface area contributed by atoms with E-state index in [1.165, 1.54) is 0 Å². The summed E-state index contributed by atoms with van der Waals surface area (Å²) in [4.78, 5) is 51.4. The summed E-state index contributed by atoms with van der Waals surface area (Å²) < 4.78 is 0. The molecule has 0 radical (unpaired) electrons. The maximum atomic E-state index is 11.9. The first-order valence-corrected chi connectivity index (χ1v) is 12.1. The monoisotopic (exact) mass is 456 g/mol. The molecule has 3 fully saturated rings. The van der Waals surface area contributed by atoms with Crippen molar-refractivity contribution < 1.29 is 29.1 Å². The topological polar surface area (TPSA) is 137 Å². The van der Waals surface area contributed by atoms with E-state index < -0.39 is 12.2 Å². The highest BCUT2D eigenvalue weighted by molar-refractivity contribution is 8.00. The highest BCUT2D eigenvalue weighted by atomic mass is 32.2. The van der Waals surface area contributed by atoms with Gasteiger partial charge in [-0.2, -0.15) is 11.8 Å². The van der Waals surface area contributed by atoms with Crippen molar-refractivity contribution in [2.45, 2.75) is 87.8 Å². The molecule has 0 aromatic heterocycles. The zero-order valence-corrected chi connectivity index (χ0v) is 18.5. The minimum atomic E-state index is -1.04. The Kier molecular flexibility index (Phi) is 8.82. The smallest absolute Gasteiger partial charge is 0.332 e. The summed E-state index contributed by atoms with van der Waals surface area (Å²) in [7, 11) is 0. The predicted octanol–water partition coefficient (Wildman–Crippen LogP) is 0.788. The number of hydroxylamine groups is 2. The van der Waals surface area contributed by atoms with Gasteiger partial charge in [0.15, 0.2) is 6.23 Å². The number of aliphatic hydroxyl groups is 1. The number of nitrogens with one attached hydrogen (secondary N) is 3. The van der Waals surface area contributed by atoms with Gasteiger partial charge in [-0.3, -0.25) is 9.59 Å². The predicted molar refractivity (Wildman–Crippen MR) is 114 cm³/mol. The highest BCUT2D eigenvalue weighted by Crippen LogP contribution is 2.33. The van der Waals surface area contributed by atoms with Gasteiger partial charge in [-0.25, -0.2) is 9.59 Å². The van der Waals surface area contributed by atoms with Crippen LogP contribution >= 0.6 is 11.8 Å². The molecule has 10 nitrogen and oxygen atoms in total. The number of thioether (sulfide) groups is 1. The number of hydrogen-bond acceptors (Lipinski definition) is 7. The van der Waals surface area contributed by atoms with Crippen LogP contribution in [0, 0.1) is 0 Å². The van der Waals surface area contributed by atoms with Crippen LogP contribution < -0.4 is 16.0 Å². The number of unbranched alkanes of at least 4 members (excludes halogenated alkanes) is 3. The van der Waals surface area contributed by atoms with Crippen molar-refractivity contribution in [3.05, 3.63) is 0 Å². The Morgan fingerprint density at radius 3 is 2.71 bits per heavy atom. The highest BCUT2D eigenvalue weighted by Gasteiger charge is 2.42. The van der Waals surface area contributed by atoms with Gasteiger partial charge in [-0.05, 0) is 25.7 Å². The Labute approximate surface area is 186 Å². The summed E-state index contributed by atoms with van der Waals surface area (Å²) in [5, 5.41) is 19.5. The number of aliphatic hydroxyl groups excluding tert-OH is 1. The lowest BCUT2D eigenvalue weighted by Crippen LogP contribution is -2.36. The molecular formula is C20H32N4O6S. The summed E-state index contributed by atoms with van der Waals surface area (Å²) in [6.45, 7) is 0.567. The normalized spacial score (nSPS) is 27.1. The van der Waals surface area contributed by atoms with Crippen LogP contribution in [0.5, 0.6) is 0 Å². The van der Waals surface area contributed by atoms with Gasteiger partial charge in [0.1, 0.15) is 0 Å². The van der Waals surface area contributed by atoms with E-state index in [2.05, 4.69) is 16.0 Å². The first-order valence-electron chi connectivity index (χ1n) is 11.1. The maximum absolute atomic E-state index is 11.9. The molecule has 31 heavy (non-hydrogen) atoms. The van der Waals surface area contributed by atoms with E-state index >= 15 is 0 Å². The van der Waals surface area contributed by atoms with E-state index in [1.807, 2.05) is 11.8 Å². The van der Waals surface area contributed by atoms with E-state index in [0.717, 1.165) is 42.9 Å². The van der Waals surface area contributed by atoms with Crippen molar-refractivity contribution in [2.24, 2.45) is 0 Å². The number of amides is 4. The summed E-state index contributed by atoms with van der Waals surface area (Å²) in [5.74, 6) is 0.0776. The van der Waals surface area contributed by atoms with Gasteiger partial charge in [0.25, 0.3) is 5.91 Å². The summed E-state index contributed by atoms with van der Waals surface area (Å²) in [5.41, 5.74) is 0. The number of rotatable bonds is 12. The van der Waals surface area contributed by atoms with Crippen LogP contribution in [0.15, 0.2) is 0 Å². The molecule has 0 aliphatic carbocycles. The van der Waals surface area contributed by atoms with E-state index in [-0.39, 0.29) is 49.2 Å². The minimum absolute atomic E-state index is 0.0359. The van der Waals surface area contributed by atoms with Crippen LogP contribution in [0.1, 0.15) is 64.2 Å². The third-order valence-electron chi connectivity index (χ3n) is 5.79. The standard InChI is InChI=1S/C20H32N4O6S/c25-15(7-4-3-6-14-19-13(12-31-14)22-20(29)23-19)21-11-5-1-2-8-18(28)30-24-16(26)9-10-17(24)27/h13-14,16,19,26H,1-12H2,(H,21,25)(H2,22,23,29). The van der Waals surface area contributed by atoms with E-state index in [0.29, 0.717) is 24.6 Å². The lowest BCUT2D eigenvalue weighted by molar-refractivity contribution is -0.220. The number of fused-ring (bicyclic) bond motifs is 1. The first-order chi connectivity index (χ1) is 14.9. The molecule has 4 N–H and O–H groups in total. The molecule has 4 unspecified atom stereocenters. The fraction of sp³-hybridized carbons (Fsp3) is 0.800. The largest absolute Gasteiger partial charge is 0.370 e. The molecule has 0 aromatic rings. The van der Waals surface area contributed by atoms with Crippen molar-refractivity contribution in [1.82, 2.24) is 21.0 Å². The molecule has 3 aliphatic rings. The van der Waals surface area contributed by atoms with Gasteiger partial charge in [0, 0.05) is 43.2 Å². The quantitative estimate of drug-likeness (QED) is 0.252. The number of carbonyl (C=O) groups excluding carboxylic acids is 4. The number of nitrogens with zero attached hydrogens (tertiary/aromatic N) is 1. The van der Waals surface area contributed by atoms with Crippen LogP contribution in [-0.4, -0.2) is 69.8 Å². The third-order valence-corrected chi connectivity index (χ3v) is 7.30. The van der Waals surface area contributed by atoms with E-state index in [4.69, 9.17) is 4.84 Å². The minimum Gasteiger partial charge on any atom is -0.370 e. The Morgan fingerprint density at radius 1 is 1.13 bits per heavy atom. The van der Waals surface area contributed by atoms with Crippen LogP contribution in [0.4, 0.5) is 4.79 Å². The molecule has 4 amide bonds. The second kappa shape index (κ2) is 11.6. The molecule has 0 bridgehead atoms. The summed E-state index contributed by atoms with van der Waals surface area (Å²) >= 11 is 1.89. The average molecular weight is 457 g/mol. The summed E-state index contributed by atoms with van der Waals surface area (Å²) in [6.07, 6.45) is 4.99. The second-order valence-electron chi connectivity index (χ2n) is 8.23. The van der Waals surface area contributed by atoms with Gasteiger partial charge >= 0.3 is 12.0 Å². The molecule has 4 atom stereocenters. The zero-order valence-electron chi connectivity index (χ0n) is 17.6. The maximum Gasteiger partial charge on any atom is 0.332 e. The van der Waals surface area contributed by atoms with Gasteiger partial charge < -0.3 is 25.9 Å². The Morgan fingerprint density at radius 2 is 1.94 bits per heavy atom. The van der Waals surface area contributed by atoms with Crippen LogP contribution in [0.3, 0.4) is 0 Å². The van der Waals surface area contributed by atoms with Gasteiger partial charge in [-0.15, -0.1) is 5.06 Å². The number of carbonyl (C=O) groups is 4. The molecule has 3 rings (SSSR count). The number of urea groups is 1. The lowest BCUT2D eigenvalue weighted by atomic mass is 10.0. The van der Waals surface area contributed by atoms with Gasteiger partial charge in [0.2, 0.25) is 5.91 Å². The van der Waals surface area contributed by atoms with Crippen LogP contribution in [0.25, 0.3) is 0 Å². The van der Waals surface area contributed by atoms with Crippen molar-refractivity contribution in [3.63, 3.8) is 0 Å². The SMILES string of the molecule is O=C(CCCCC1SCC2NC(=O)NC21)NCCCCCC(=O)ON1C(=O)CCC1O. The molecule has 11 heteroatoms.